The fraction of sp³-hybridized carbons (Fsp3) is 0.238. The van der Waals surface area contributed by atoms with Gasteiger partial charge in [0.05, 0.1) is 5.56 Å². The van der Waals surface area contributed by atoms with E-state index in [0.717, 1.165) is 4.88 Å². The summed E-state index contributed by atoms with van der Waals surface area (Å²) in [5, 5.41) is 1.98. The zero-order valence-corrected chi connectivity index (χ0v) is 15.9. The minimum atomic E-state index is -0.0733. The molecule has 0 saturated carbocycles. The van der Waals surface area contributed by atoms with Crippen LogP contribution in [0.25, 0.3) is 6.08 Å². The Morgan fingerprint density at radius 1 is 1.07 bits per heavy atom. The number of amides is 2. The predicted octanol–water partition coefficient (Wildman–Crippen LogP) is 3.31. The van der Waals surface area contributed by atoms with E-state index in [2.05, 4.69) is 6.58 Å². The second-order valence-corrected chi connectivity index (χ2v) is 7.04. The molecule has 1 aliphatic rings. The minimum absolute atomic E-state index is 0.0229. The van der Waals surface area contributed by atoms with E-state index in [-0.39, 0.29) is 11.8 Å². The molecule has 140 valence electrons. The summed E-state index contributed by atoms with van der Waals surface area (Å²) < 4.78 is 5.59. The number of benzene rings is 1. The van der Waals surface area contributed by atoms with Gasteiger partial charge in [0.25, 0.3) is 5.91 Å². The maximum absolute atomic E-state index is 12.8. The van der Waals surface area contributed by atoms with Crippen LogP contribution in [0.5, 0.6) is 5.75 Å². The van der Waals surface area contributed by atoms with E-state index in [0.29, 0.717) is 44.1 Å². The summed E-state index contributed by atoms with van der Waals surface area (Å²) in [6.45, 7) is 6.04. The fourth-order valence-corrected chi connectivity index (χ4v) is 3.48. The number of nitrogens with zero attached hydrogens (tertiary/aromatic N) is 2. The second-order valence-electron chi connectivity index (χ2n) is 6.06. The van der Waals surface area contributed by atoms with Crippen molar-refractivity contribution in [1.29, 1.82) is 0 Å². The number of hydrogen-bond donors (Lipinski definition) is 0. The van der Waals surface area contributed by atoms with Crippen molar-refractivity contribution in [3.05, 3.63) is 70.9 Å². The number of piperazine rings is 1. The normalized spacial score (nSPS) is 14.4. The molecule has 2 heterocycles. The Bertz CT molecular complexity index is 822. The Balaban J connectivity index is 1.58. The van der Waals surface area contributed by atoms with Crippen molar-refractivity contribution in [2.45, 2.75) is 0 Å². The quantitative estimate of drug-likeness (QED) is 0.569. The summed E-state index contributed by atoms with van der Waals surface area (Å²) in [7, 11) is 0. The average Bonchev–Trinajstić information content (AvgIpc) is 3.24. The van der Waals surface area contributed by atoms with Crippen LogP contribution in [-0.4, -0.2) is 54.4 Å². The van der Waals surface area contributed by atoms with Gasteiger partial charge in [-0.05, 0) is 29.7 Å². The topological polar surface area (TPSA) is 49.9 Å². The van der Waals surface area contributed by atoms with Crippen molar-refractivity contribution < 1.29 is 14.3 Å². The van der Waals surface area contributed by atoms with Crippen molar-refractivity contribution >= 4 is 29.2 Å². The first-order chi connectivity index (χ1) is 13.2. The monoisotopic (exact) mass is 382 g/mol. The molecule has 2 aromatic rings. The lowest BCUT2D eigenvalue weighted by molar-refractivity contribution is -0.127. The van der Waals surface area contributed by atoms with E-state index in [1.165, 1.54) is 0 Å². The number of para-hydroxylation sites is 1. The largest absolute Gasteiger partial charge is 0.489 e. The summed E-state index contributed by atoms with van der Waals surface area (Å²) >= 11 is 1.59. The molecule has 0 radical (unpaired) electrons. The van der Waals surface area contributed by atoms with Gasteiger partial charge >= 0.3 is 0 Å². The Kier molecular flexibility index (Phi) is 6.44. The molecular formula is C21H22N2O3S. The maximum Gasteiger partial charge on any atom is 0.257 e. The molecule has 1 fully saturated rings. The molecule has 0 atom stereocenters. The molecule has 1 saturated heterocycles. The average molecular weight is 382 g/mol. The highest BCUT2D eigenvalue weighted by molar-refractivity contribution is 7.10. The highest BCUT2D eigenvalue weighted by Gasteiger charge is 2.25. The van der Waals surface area contributed by atoms with Crippen LogP contribution >= 0.6 is 11.3 Å². The van der Waals surface area contributed by atoms with E-state index < -0.39 is 0 Å². The number of ether oxygens (including phenoxy) is 1. The first kappa shape index (κ1) is 18.9. The molecule has 1 aromatic carbocycles. The summed E-state index contributed by atoms with van der Waals surface area (Å²) in [5.74, 6) is 0.459. The number of rotatable bonds is 6. The molecule has 27 heavy (non-hydrogen) atoms. The van der Waals surface area contributed by atoms with Crippen LogP contribution in [0.2, 0.25) is 0 Å². The van der Waals surface area contributed by atoms with Crippen LogP contribution in [0.3, 0.4) is 0 Å². The van der Waals surface area contributed by atoms with Crippen molar-refractivity contribution in [1.82, 2.24) is 9.80 Å². The van der Waals surface area contributed by atoms with Gasteiger partial charge in [0.1, 0.15) is 12.4 Å². The number of carbonyl (C=O) groups is 2. The fourth-order valence-electron chi connectivity index (χ4n) is 2.86. The zero-order valence-electron chi connectivity index (χ0n) is 15.0. The molecule has 3 rings (SSSR count). The SMILES string of the molecule is C=CCOc1ccccc1C(=O)N1CCN(C(=O)C=Cc2cccs2)CC1. The zero-order chi connectivity index (χ0) is 19.1. The third-order valence-electron chi connectivity index (χ3n) is 4.29. The first-order valence-corrected chi connectivity index (χ1v) is 9.69. The molecule has 6 heteroatoms. The van der Waals surface area contributed by atoms with Crippen molar-refractivity contribution in [3.63, 3.8) is 0 Å². The summed E-state index contributed by atoms with van der Waals surface area (Å²) in [5.41, 5.74) is 0.539. The lowest BCUT2D eigenvalue weighted by Crippen LogP contribution is -2.50. The smallest absolute Gasteiger partial charge is 0.257 e. The summed E-state index contributed by atoms with van der Waals surface area (Å²) in [6, 6.07) is 11.1. The molecule has 0 bridgehead atoms. The number of hydrogen-bond acceptors (Lipinski definition) is 4. The van der Waals surface area contributed by atoms with Crippen LogP contribution in [0.15, 0.2) is 60.5 Å². The molecule has 5 nitrogen and oxygen atoms in total. The van der Waals surface area contributed by atoms with Crippen LogP contribution < -0.4 is 4.74 Å². The van der Waals surface area contributed by atoms with Gasteiger partial charge < -0.3 is 14.5 Å². The van der Waals surface area contributed by atoms with Crippen molar-refractivity contribution in [2.24, 2.45) is 0 Å². The minimum Gasteiger partial charge on any atom is -0.489 e. The standard InChI is InChI=1S/C21H22N2O3S/c1-2-15-26-19-8-4-3-7-18(19)21(25)23-13-11-22(12-14-23)20(24)10-9-17-6-5-16-27-17/h2-10,16H,1,11-15H2. The molecule has 1 aromatic heterocycles. The lowest BCUT2D eigenvalue weighted by Gasteiger charge is -2.34. The van der Waals surface area contributed by atoms with E-state index in [9.17, 15) is 9.59 Å². The molecule has 2 amide bonds. The van der Waals surface area contributed by atoms with Gasteiger partial charge in [0, 0.05) is 37.1 Å². The Morgan fingerprint density at radius 2 is 1.81 bits per heavy atom. The van der Waals surface area contributed by atoms with E-state index >= 15 is 0 Å². The third kappa shape index (κ3) is 4.86. The van der Waals surface area contributed by atoms with Gasteiger partial charge in [0.2, 0.25) is 5.91 Å². The summed E-state index contributed by atoms with van der Waals surface area (Å²) in [4.78, 5) is 29.8. The van der Waals surface area contributed by atoms with E-state index in [1.54, 1.807) is 45.4 Å². The first-order valence-electron chi connectivity index (χ1n) is 8.81. The molecule has 0 N–H and O–H groups in total. The molecule has 0 aliphatic carbocycles. The summed E-state index contributed by atoms with van der Waals surface area (Å²) in [6.07, 6.45) is 5.08. The third-order valence-corrected chi connectivity index (χ3v) is 5.12. The van der Waals surface area contributed by atoms with Gasteiger partial charge in [-0.25, -0.2) is 0 Å². The van der Waals surface area contributed by atoms with Gasteiger partial charge in [-0.15, -0.1) is 11.3 Å². The van der Waals surface area contributed by atoms with E-state index in [1.807, 2.05) is 35.7 Å². The van der Waals surface area contributed by atoms with Gasteiger partial charge in [0.15, 0.2) is 0 Å². The number of carbonyl (C=O) groups excluding carboxylic acids is 2. The highest BCUT2D eigenvalue weighted by atomic mass is 32.1. The molecule has 0 unspecified atom stereocenters. The predicted molar refractivity (Wildman–Crippen MR) is 108 cm³/mol. The Morgan fingerprint density at radius 3 is 2.52 bits per heavy atom. The van der Waals surface area contributed by atoms with Crippen molar-refractivity contribution in [2.75, 3.05) is 32.8 Å². The lowest BCUT2D eigenvalue weighted by atomic mass is 10.1. The number of thiophene rings is 1. The highest BCUT2D eigenvalue weighted by Crippen LogP contribution is 2.21. The molecule has 0 spiro atoms. The van der Waals surface area contributed by atoms with Gasteiger partial charge in [-0.3, -0.25) is 9.59 Å². The van der Waals surface area contributed by atoms with Crippen molar-refractivity contribution in [3.8, 4) is 5.75 Å². The Labute approximate surface area is 163 Å². The van der Waals surface area contributed by atoms with Crippen LogP contribution in [0.1, 0.15) is 15.2 Å². The van der Waals surface area contributed by atoms with Gasteiger partial charge in [-0.2, -0.15) is 0 Å². The van der Waals surface area contributed by atoms with Crippen LogP contribution in [0, 0.1) is 0 Å². The molecular weight excluding hydrogens is 360 g/mol. The molecule has 1 aliphatic heterocycles. The van der Waals surface area contributed by atoms with E-state index in [4.69, 9.17) is 4.74 Å². The van der Waals surface area contributed by atoms with Gasteiger partial charge in [-0.1, -0.05) is 30.9 Å². The van der Waals surface area contributed by atoms with Crippen LogP contribution in [0.4, 0.5) is 0 Å². The second kappa shape index (κ2) is 9.19. The Hall–Kier alpha value is -2.86. The van der Waals surface area contributed by atoms with Crippen LogP contribution in [-0.2, 0) is 4.79 Å². The maximum atomic E-state index is 12.8.